The van der Waals surface area contributed by atoms with E-state index in [4.69, 9.17) is 26.2 Å². The average Bonchev–Trinajstić information content (AvgIpc) is 3.17. The zero-order valence-electron chi connectivity index (χ0n) is 18.3. The van der Waals surface area contributed by atoms with Crippen molar-refractivity contribution in [3.05, 3.63) is 53.1 Å². The molecule has 1 unspecified atom stereocenters. The van der Waals surface area contributed by atoms with Crippen LogP contribution in [0.1, 0.15) is 18.9 Å². The van der Waals surface area contributed by atoms with E-state index in [1.54, 1.807) is 36.4 Å². The largest absolute Gasteiger partial charge is 0.489 e. The maximum absolute atomic E-state index is 12.7. The van der Waals surface area contributed by atoms with E-state index in [0.717, 1.165) is 15.6 Å². The highest BCUT2D eigenvalue weighted by atomic mass is 35.5. The fourth-order valence-electron chi connectivity index (χ4n) is 3.21. The fraction of sp³-hybridized carbons (Fsp3) is 0.348. The minimum absolute atomic E-state index is 0.0623. The van der Waals surface area contributed by atoms with E-state index in [1.165, 1.54) is 11.3 Å². The van der Waals surface area contributed by atoms with Crippen LogP contribution in [0.2, 0.25) is 5.02 Å². The zero-order chi connectivity index (χ0) is 24.0. The summed E-state index contributed by atoms with van der Waals surface area (Å²) in [6.45, 7) is 4.44. The van der Waals surface area contributed by atoms with E-state index in [0.29, 0.717) is 40.2 Å². The first-order valence-corrected chi connectivity index (χ1v) is 13.2. The minimum atomic E-state index is -3.35. The van der Waals surface area contributed by atoms with Crippen molar-refractivity contribution in [3.8, 4) is 11.5 Å². The molecule has 0 aliphatic heterocycles. The Bertz CT molecular complexity index is 1220. The number of sulfone groups is 1. The van der Waals surface area contributed by atoms with E-state index >= 15 is 0 Å². The lowest BCUT2D eigenvalue weighted by Crippen LogP contribution is -2.30. The quantitative estimate of drug-likeness (QED) is 0.344. The molecule has 10 heteroatoms. The van der Waals surface area contributed by atoms with Gasteiger partial charge in [-0.3, -0.25) is 0 Å². The summed E-state index contributed by atoms with van der Waals surface area (Å²) < 4.78 is 37.7. The number of fused-ring (bicyclic) bond motifs is 1. The monoisotopic (exact) mass is 511 g/mol. The molecule has 0 saturated carbocycles. The summed E-state index contributed by atoms with van der Waals surface area (Å²) in [5.41, 5.74) is 0.780. The molecule has 33 heavy (non-hydrogen) atoms. The van der Waals surface area contributed by atoms with Crippen LogP contribution in [-0.4, -0.2) is 51.0 Å². The van der Waals surface area contributed by atoms with Gasteiger partial charge < -0.3 is 19.9 Å². The summed E-state index contributed by atoms with van der Waals surface area (Å²) in [5, 5.41) is 13.4. The van der Waals surface area contributed by atoms with Crippen molar-refractivity contribution in [2.45, 2.75) is 30.6 Å². The van der Waals surface area contributed by atoms with Crippen molar-refractivity contribution in [2.75, 3.05) is 25.4 Å². The Kier molecular flexibility index (Phi) is 8.58. The van der Waals surface area contributed by atoms with Crippen molar-refractivity contribution in [3.63, 3.8) is 0 Å². The molecule has 2 aromatic carbocycles. The predicted octanol–water partition coefficient (Wildman–Crippen LogP) is 4.55. The SMILES string of the molecule is Cc1cc(OC(C)CNCCCS(=O)(=O)c2cc3cc(Cl)ccc3s2)ccc1OCC(=O)O. The van der Waals surface area contributed by atoms with Crippen molar-refractivity contribution >= 4 is 48.8 Å². The molecule has 0 radical (unpaired) electrons. The Morgan fingerprint density at radius 1 is 1.21 bits per heavy atom. The second-order valence-corrected chi connectivity index (χ2v) is 11.5. The van der Waals surface area contributed by atoms with Crippen LogP contribution in [0.3, 0.4) is 0 Å². The van der Waals surface area contributed by atoms with Gasteiger partial charge in [0.25, 0.3) is 0 Å². The molecule has 0 aliphatic carbocycles. The van der Waals surface area contributed by atoms with Gasteiger partial charge in [0.2, 0.25) is 0 Å². The van der Waals surface area contributed by atoms with Crippen LogP contribution in [0.25, 0.3) is 10.1 Å². The third-order valence-corrected chi connectivity index (χ3v) is 8.51. The summed E-state index contributed by atoms with van der Waals surface area (Å²) in [4.78, 5) is 10.6. The summed E-state index contributed by atoms with van der Waals surface area (Å²) in [7, 11) is -3.35. The molecule has 0 aliphatic rings. The highest BCUT2D eigenvalue weighted by Gasteiger charge is 2.17. The number of carbonyl (C=O) groups is 1. The molecule has 7 nitrogen and oxygen atoms in total. The first-order chi connectivity index (χ1) is 15.6. The third kappa shape index (κ3) is 7.33. The first kappa shape index (κ1) is 25.3. The number of halogens is 1. The van der Waals surface area contributed by atoms with Gasteiger partial charge in [-0.15, -0.1) is 11.3 Å². The second kappa shape index (κ2) is 11.2. The number of hydrogen-bond donors (Lipinski definition) is 2. The van der Waals surface area contributed by atoms with Gasteiger partial charge in [-0.05, 0) is 80.2 Å². The predicted molar refractivity (Wildman–Crippen MR) is 131 cm³/mol. The van der Waals surface area contributed by atoms with Gasteiger partial charge >= 0.3 is 5.97 Å². The lowest BCUT2D eigenvalue weighted by atomic mass is 10.2. The molecule has 1 heterocycles. The number of nitrogens with one attached hydrogen (secondary N) is 1. The van der Waals surface area contributed by atoms with Crippen LogP contribution in [0.4, 0.5) is 0 Å². The van der Waals surface area contributed by atoms with Crippen LogP contribution in [-0.2, 0) is 14.6 Å². The maximum atomic E-state index is 12.7. The topological polar surface area (TPSA) is 102 Å². The minimum Gasteiger partial charge on any atom is -0.489 e. The lowest BCUT2D eigenvalue weighted by molar-refractivity contribution is -0.139. The molecule has 0 bridgehead atoms. The van der Waals surface area contributed by atoms with E-state index in [9.17, 15) is 13.2 Å². The maximum Gasteiger partial charge on any atom is 0.341 e. The third-order valence-electron chi connectivity index (χ3n) is 4.80. The molecule has 0 saturated heterocycles. The Labute approximate surface area is 202 Å². The van der Waals surface area contributed by atoms with Crippen LogP contribution in [0.5, 0.6) is 11.5 Å². The van der Waals surface area contributed by atoms with Crippen LogP contribution in [0.15, 0.2) is 46.7 Å². The Morgan fingerprint density at radius 3 is 2.73 bits per heavy atom. The van der Waals surface area contributed by atoms with E-state index in [-0.39, 0.29) is 11.9 Å². The highest BCUT2D eigenvalue weighted by Crippen LogP contribution is 2.31. The van der Waals surface area contributed by atoms with Crippen molar-refractivity contribution < 1.29 is 27.8 Å². The van der Waals surface area contributed by atoms with Gasteiger partial charge in [-0.25, -0.2) is 13.2 Å². The van der Waals surface area contributed by atoms with E-state index in [2.05, 4.69) is 5.32 Å². The molecule has 3 aromatic rings. The van der Waals surface area contributed by atoms with Gasteiger partial charge in [-0.1, -0.05) is 11.6 Å². The molecule has 1 aromatic heterocycles. The number of thiophene rings is 1. The van der Waals surface area contributed by atoms with Crippen LogP contribution >= 0.6 is 22.9 Å². The number of ether oxygens (including phenoxy) is 2. The molecule has 0 fully saturated rings. The van der Waals surface area contributed by atoms with Gasteiger partial charge in [0.1, 0.15) is 21.8 Å². The fourth-order valence-corrected chi connectivity index (χ4v) is 6.22. The number of carboxylic acids is 1. The standard InChI is InChI=1S/C23H26ClNO6S2/c1-15-10-19(5-6-20(15)30-14-22(26)27)31-16(2)13-25-8-3-9-33(28,29)23-12-17-11-18(24)4-7-21(17)32-23/h4-7,10-12,16,25H,3,8-9,13-14H2,1-2H3,(H,26,27). The van der Waals surface area contributed by atoms with E-state index < -0.39 is 22.4 Å². The molecule has 2 N–H and O–H groups in total. The molecule has 3 rings (SSSR count). The Balaban J connectivity index is 1.42. The molecule has 0 spiro atoms. The summed E-state index contributed by atoms with van der Waals surface area (Å²) in [5.74, 6) is 0.179. The number of aryl methyl sites for hydroxylation is 1. The molecular formula is C23H26ClNO6S2. The normalized spacial score (nSPS) is 12.6. The van der Waals surface area contributed by atoms with Gasteiger partial charge in [0.15, 0.2) is 16.4 Å². The van der Waals surface area contributed by atoms with Crippen LogP contribution in [0, 0.1) is 6.92 Å². The summed E-state index contributed by atoms with van der Waals surface area (Å²) in [6, 6.07) is 12.2. The molecular weight excluding hydrogens is 486 g/mol. The van der Waals surface area contributed by atoms with Crippen molar-refractivity contribution in [1.29, 1.82) is 0 Å². The number of carboxylic acid groups (broad SMARTS) is 1. The number of benzene rings is 2. The highest BCUT2D eigenvalue weighted by molar-refractivity contribution is 7.93. The second-order valence-electron chi connectivity index (χ2n) is 7.66. The lowest BCUT2D eigenvalue weighted by Gasteiger charge is -2.17. The molecule has 178 valence electrons. The van der Waals surface area contributed by atoms with Gasteiger partial charge in [-0.2, -0.15) is 0 Å². The van der Waals surface area contributed by atoms with Crippen molar-refractivity contribution in [2.24, 2.45) is 0 Å². The smallest absolute Gasteiger partial charge is 0.341 e. The molecule has 1 atom stereocenters. The number of hydrogen-bond acceptors (Lipinski definition) is 7. The zero-order valence-corrected chi connectivity index (χ0v) is 20.7. The molecule has 0 amide bonds. The van der Waals surface area contributed by atoms with Crippen molar-refractivity contribution in [1.82, 2.24) is 5.32 Å². The Morgan fingerprint density at radius 2 is 2.00 bits per heavy atom. The number of rotatable bonds is 12. The average molecular weight is 512 g/mol. The van der Waals surface area contributed by atoms with Crippen LogP contribution < -0.4 is 14.8 Å². The van der Waals surface area contributed by atoms with Gasteiger partial charge in [0, 0.05) is 16.3 Å². The first-order valence-electron chi connectivity index (χ1n) is 10.4. The Hall–Kier alpha value is -2.33. The number of aliphatic carboxylic acids is 1. The summed E-state index contributed by atoms with van der Waals surface area (Å²) >= 11 is 7.25. The van der Waals surface area contributed by atoms with Gasteiger partial charge in [0.05, 0.1) is 5.75 Å². The van der Waals surface area contributed by atoms with E-state index in [1.807, 2.05) is 19.9 Å². The summed E-state index contributed by atoms with van der Waals surface area (Å²) in [6.07, 6.45) is 0.345.